The summed E-state index contributed by atoms with van der Waals surface area (Å²) in [5, 5.41) is 10.7. The molecule has 3 N–H and O–H groups in total. The Morgan fingerprint density at radius 1 is 1.26 bits per heavy atom. The molecule has 8 nitrogen and oxygen atoms in total. The van der Waals surface area contributed by atoms with E-state index in [0.29, 0.717) is 11.9 Å². The van der Waals surface area contributed by atoms with Crippen LogP contribution in [0.1, 0.15) is 61.3 Å². The molecular formula is C21H23F5N4O4. The van der Waals surface area contributed by atoms with Crippen molar-refractivity contribution in [2.75, 3.05) is 6.54 Å². The number of carboxylic acid groups (broad SMARTS) is 1. The van der Waals surface area contributed by atoms with Crippen LogP contribution >= 0.6 is 0 Å². The smallest absolute Gasteiger partial charge is 0.290 e. The number of aryl methyl sites for hydroxylation is 1. The van der Waals surface area contributed by atoms with Gasteiger partial charge in [-0.05, 0) is 37.3 Å². The van der Waals surface area contributed by atoms with E-state index in [0.717, 1.165) is 23.8 Å². The molecule has 1 saturated heterocycles. The van der Waals surface area contributed by atoms with Gasteiger partial charge in [0.2, 0.25) is 11.8 Å². The number of nitrogens with zero attached hydrogens (tertiary/aromatic N) is 3. The van der Waals surface area contributed by atoms with E-state index < -0.39 is 54.3 Å². The molecule has 1 unspecified atom stereocenters. The number of aromatic nitrogens is 2. The molecular weight excluding hydrogens is 467 g/mol. The molecule has 2 fully saturated rings. The summed E-state index contributed by atoms with van der Waals surface area (Å²) in [6.07, 6.45) is 0.966. The summed E-state index contributed by atoms with van der Waals surface area (Å²) in [5.74, 6) is -6.51. The highest BCUT2D eigenvalue weighted by Gasteiger charge is 2.50. The molecule has 0 radical (unpaired) electrons. The van der Waals surface area contributed by atoms with Crippen molar-refractivity contribution in [3.63, 3.8) is 0 Å². The van der Waals surface area contributed by atoms with Crippen molar-refractivity contribution in [2.24, 2.45) is 5.73 Å². The summed E-state index contributed by atoms with van der Waals surface area (Å²) in [6, 6.07) is -0.653. The summed E-state index contributed by atoms with van der Waals surface area (Å²) in [6.45, 7) is -1.04. The fraction of sp³-hybridized carbons (Fsp3) is 0.524. The normalized spacial score (nSPS) is 19.9. The van der Waals surface area contributed by atoms with Crippen LogP contribution in [0, 0.1) is 17.5 Å². The number of benzene rings is 1. The number of halogens is 5. The van der Waals surface area contributed by atoms with Crippen LogP contribution in [0.3, 0.4) is 0 Å². The molecule has 2 aliphatic rings. The second kappa shape index (κ2) is 10.5. The molecule has 1 aliphatic carbocycles. The molecule has 1 aromatic carbocycles. The summed E-state index contributed by atoms with van der Waals surface area (Å²) in [4.78, 5) is 26.2. The Balaban J connectivity index is 0.00000103. The molecule has 4 rings (SSSR count). The maximum atomic E-state index is 14.1. The van der Waals surface area contributed by atoms with Gasteiger partial charge in [0.1, 0.15) is 11.9 Å². The van der Waals surface area contributed by atoms with Crippen molar-refractivity contribution in [1.29, 1.82) is 0 Å². The van der Waals surface area contributed by atoms with Crippen LogP contribution in [-0.4, -0.2) is 51.0 Å². The van der Waals surface area contributed by atoms with E-state index in [-0.39, 0.29) is 43.1 Å². The summed E-state index contributed by atoms with van der Waals surface area (Å²) >= 11 is 0. The van der Waals surface area contributed by atoms with E-state index >= 15 is 0 Å². The molecule has 1 aromatic heterocycles. The van der Waals surface area contributed by atoms with Crippen molar-refractivity contribution in [3.8, 4) is 0 Å². The van der Waals surface area contributed by atoms with Crippen LogP contribution in [0.2, 0.25) is 0 Å². The van der Waals surface area contributed by atoms with Gasteiger partial charge in [-0.25, -0.2) is 22.0 Å². The number of carbonyl (C=O) groups excluding carboxylic acids is 1. The average Bonchev–Trinajstić information content (AvgIpc) is 3.39. The number of hydrogen-bond acceptors (Lipinski definition) is 6. The van der Waals surface area contributed by atoms with Crippen molar-refractivity contribution in [2.45, 2.75) is 62.4 Å². The lowest BCUT2D eigenvalue weighted by atomic mass is 10.0. The van der Waals surface area contributed by atoms with E-state index in [9.17, 15) is 26.7 Å². The number of rotatable bonds is 7. The Bertz CT molecular complexity index is 1030. The standard InChI is InChI=1S/C20H21F5N4O2.CH2O2/c21-13-7-15(23)14(22)5-11(13)3-4-12(26)6-17(30)29-9-20(24,25)8-16(29)19-27-18(28-31-19)10-1-2-10;2-1-3/h5,7,10,12,16H,1-4,6,8-9,26H2;1H,(H,2,3)/t12?,16-;/m0./s1. The Morgan fingerprint density at radius 2 is 1.91 bits per heavy atom. The SMILES string of the molecule is NC(CCc1cc(F)c(F)cc1F)CC(=O)N1CC(F)(F)C[C@H]1c1nc(C2CC2)no1.O=CO. The molecule has 13 heteroatoms. The number of nitrogens with two attached hydrogens (primary N) is 1. The highest BCUT2D eigenvalue weighted by molar-refractivity contribution is 5.77. The van der Waals surface area contributed by atoms with Gasteiger partial charge in [0.25, 0.3) is 12.4 Å². The Morgan fingerprint density at radius 3 is 2.56 bits per heavy atom. The van der Waals surface area contributed by atoms with Crippen molar-refractivity contribution in [1.82, 2.24) is 15.0 Å². The number of likely N-dealkylation sites (tertiary alicyclic amines) is 1. The first kappa shape index (κ1) is 25.5. The average molecular weight is 490 g/mol. The largest absolute Gasteiger partial charge is 0.483 e. The number of alkyl halides is 2. The molecule has 0 spiro atoms. The van der Waals surface area contributed by atoms with Gasteiger partial charge in [0.15, 0.2) is 17.5 Å². The van der Waals surface area contributed by atoms with Crippen LogP contribution in [0.4, 0.5) is 22.0 Å². The van der Waals surface area contributed by atoms with Crippen molar-refractivity contribution in [3.05, 3.63) is 46.9 Å². The molecule has 2 heterocycles. The van der Waals surface area contributed by atoms with Gasteiger partial charge in [-0.2, -0.15) is 4.98 Å². The first-order valence-electron chi connectivity index (χ1n) is 10.5. The van der Waals surface area contributed by atoms with E-state index in [1.54, 1.807) is 0 Å². The Hall–Kier alpha value is -3.09. The summed E-state index contributed by atoms with van der Waals surface area (Å²) in [7, 11) is 0. The van der Waals surface area contributed by atoms with Crippen LogP contribution < -0.4 is 5.73 Å². The molecule has 2 aromatic rings. The van der Waals surface area contributed by atoms with Crippen molar-refractivity contribution >= 4 is 12.4 Å². The molecule has 186 valence electrons. The summed E-state index contributed by atoms with van der Waals surface area (Å²) in [5.41, 5.74) is 5.86. The fourth-order valence-electron chi connectivity index (χ4n) is 3.73. The van der Waals surface area contributed by atoms with Gasteiger partial charge in [-0.15, -0.1) is 0 Å². The van der Waals surface area contributed by atoms with Crippen LogP contribution in [0.5, 0.6) is 0 Å². The monoisotopic (exact) mass is 490 g/mol. The maximum Gasteiger partial charge on any atom is 0.290 e. The third-order valence-corrected chi connectivity index (χ3v) is 5.59. The highest BCUT2D eigenvalue weighted by atomic mass is 19.3. The number of carbonyl (C=O) groups is 2. The minimum atomic E-state index is -3.10. The first-order chi connectivity index (χ1) is 16.0. The lowest BCUT2D eigenvalue weighted by molar-refractivity contribution is -0.134. The second-order valence-electron chi connectivity index (χ2n) is 8.33. The quantitative estimate of drug-likeness (QED) is 0.347. The lowest BCUT2D eigenvalue weighted by Gasteiger charge is -2.23. The fourth-order valence-corrected chi connectivity index (χ4v) is 3.73. The zero-order valence-corrected chi connectivity index (χ0v) is 17.9. The predicted molar refractivity (Wildman–Crippen MR) is 106 cm³/mol. The van der Waals surface area contributed by atoms with Crippen LogP contribution in [0.25, 0.3) is 0 Å². The van der Waals surface area contributed by atoms with E-state index in [1.807, 2.05) is 0 Å². The van der Waals surface area contributed by atoms with Gasteiger partial charge in [0, 0.05) is 30.9 Å². The second-order valence-corrected chi connectivity index (χ2v) is 8.33. The van der Waals surface area contributed by atoms with Gasteiger partial charge in [0.05, 0.1) is 6.54 Å². The molecule has 34 heavy (non-hydrogen) atoms. The Kier molecular flexibility index (Phi) is 7.85. The third-order valence-electron chi connectivity index (χ3n) is 5.59. The van der Waals surface area contributed by atoms with Gasteiger partial charge < -0.3 is 20.3 Å². The van der Waals surface area contributed by atoms with E-state index in [4.69, 9.17) is 20.2 Å². The lowest BCUT2D eigenvalue weighted by Crippen LogP contribution is -2.37. The van der Waals surface area contributed by atoms with Crippen LogP contribution in [0.15, 0.2) is 16.7 Å². The zero-order valence-electron chi connectivity index (χ0n) is 17.9. The zero-order chi connectivity index (χ0) is 25.0. The topological polar surface area (TPSA) is 123 Å². The van der Waals surface area contributed by atoms with E-state index in [2.05, 4.69) is 10.1 Å². The molecule has 1 aliphatic heterocycles. The van der Waals surface area contributed by atoms with Gasteiger partial charge >= 0.3 is 0 Å². The molecule has 1 saturated carbocycles. The third kappa shape index (κ3) is 6.27. The minimum absolute atomic E-state index is 0.0233. The molecule has 0 bridgehead atoms. The maximum absolute atomic E-state index is 14.1. The highest BCUT2D eigenvalue weighted by Crippen LogP contribution is 2.43. The van der Waals surface area contributed by atoms with Gasteiger partial charge in [-0.3, -0.25) is 9.59 Å². The Labute approximate surface area is 190 Å². The summed E-state index contributed by atoms with van der Waals surface area (Å²) < 4.78 is 73.4. The molecule has 2 atom stereocenters. The number of hydrogen-bond donors (Lipinski definition) is 2. The first-order valence-corrected chi connectivity index (χ1v) is 10.5. The van der Waals surface area contributed by atoms with E-state index in [1.165, 1.54) is 0 Å². The van der Waals surface area contributed by atoms with Crippen LogP contribution in [-0.2, 0) is 16.0 Å². The minimum Gasteiger partial charge on any atom is -0.483 e. The van der Waals surface area contributed by atoms with Gasteiger partial charge in [-0.1, -0.05) is 5.16 Å². The molecule has 1 amide bonds. The predicted octanol–water partition coefficient (Wildman–Crippen LogP) is 3.32. The number of amides is 1. The van der Waals surface area contributed by atoms with Crippen molar-refractivity contribution < 1.29 is 41.2 Å².